The summed E-state index contributed by atoms with van der Waals surface area (Å²) in [6, 6.07) is 0.633. The maximum Gasteiger partial charge on any atom is 0.0628 e. The molecule has 1 atom stereocenters. The van der Waals surface area contributed by atoms with E-state index in [1.165, 1.54) is 29.8 Å². The van der Waals surface area contributed by atoms with Crippen molar-refractivity contribution < 1.29 is 0 Å². The predicted molar refractivity (Wildman–Crippen MR) is 77.9 cm³/mol. The van der Waals surface area contributed by atoms with Gasteiger partial charge in [-0.15, -0.1) is 0 Å². The molecule has 0 bridgehead atoms. The van der Waals surface area contributed by atoms with Gasteiger partial charge in [-0.1, -0.05) is 20.8 Å². The Balaban J connectivity index is 2.60. The fourth-order valence-corrected chi connectivity index (χ4v) is 2.66. The van der Waals surface area contributed by atoms with E-state index < -0.39 is 0 Å². The standard InChI is InChI=1S/C15H29N3/c1-7-16-14(10-11(2)3)8-9-15-12(4)17-18(6)13(15)5/h11,14,16H,7-10H2,1-6H3. The maximum absolute atomic E-state index is 4.49. The van der Waals surface area contributed by atoms with Gasteiger partial charge in [-0.05, 0) is 51.1 Å². The molecule has 0 saturated heterocycles. The summed E-state index contributed by atoms with van der Waals surface area (Å²) in [5.41, 5.74) is 3.94. The van der Waals surface area contributed by atoms with E-state index in [4.69, 9.17) is 0 Å². The zero-order valence-electron chi connectivity index (χ0n) is 12.9. The summed E-state index contributed by atoms with van der Waals surface area (Å²) in [4.78, 5) is 0. The number of nitrogens with zero attached hydrogens (tertiary/aromatic N) is 2. The van der Waals surface area contributed by atoms with Crippen molar-refractivity contribution in [3.63, 3.8) is 0 Å². The third-order valence-corrected chi connectivity index (χ3v) is 3.65. The third-order valence-electron chi connectivity index (χ3n) is 3.65. The Kier molecular flexibility index (Phi) is 5.86. The van der Waals surface area contributed by atoms with Gasteiger partial charge in [0.2, 0.25) is 0 Å². The van der Waals surface area contributed by atoms with Gasteiger partial charge < -0.3 is 5.32 Å². The SMILES string of the molecule is CCNC(CCc1c(C)nn(C)c1C)CC(C)C. The Hall–Kier alpha value is -0.830. The molecule has 0 fully saturated rings. The fourth-order valence-electron chi connectivity index (χ4n) is 2.66. The van der Waals surface area contributed by atoms with Crippen LogP contribution in [0, 0.1) is 19.8 Å². The molecule has 1 aromatic heterocycles. The maximum atomic E-state index is 4.49. The molecule has 0 radical (unpaired) electrons. The molecule has 0 spiro atoms. The Morgan fingerprint density at radius 2 is 1.94 bits per heavy atom. The Morgan fingerprint density at radius 1 is 1.28 bits per heavy atom. The molecule has 1 heterocycles. The van der Waals surface area contributed by atoms with Crippen LogP contribution in [0.2, 0.25) is 0 Å². The van der Waals surface area contributed by atoms with Gasteiger partial charge in [0.05, 0.1) is 5.69 Å². The molecule has 3 nitrogen and oxygen atoms in total. The van der Waals surface area contributed by atoms with Gasteiger partial charge in [0, 0.05) is 18.8 Å². The lowest BCUT2D eigenvalue weighted by molar-refractivity contribution is 0.405. The van der Waals surface area contributed by atoms with E-state index in [1.807, 2.05) is 11.7 Å². The van der Waals surface area contributed by atoms with E-state index in [0.717, 1.165) is 18.9 Å². The van der Waals surface area contributed by atoms with Gasteiger partial charge in [0.1, 0.15) is 0 Å². The lowest BCUT2D eigenvalue weighted by atomic mass is 9.97. The van der Waals surface area contributed by atoms with E-state index in [2.05, 4.69) is 45.0 Å². The molecule has 0 amide bonds. The summed E-state index contributed by atoms with van der Waals surface area (Å²) in [6.45, 7) is 12.1. The zero-order valence-corrected chi connectivity index (χ0v) is 12.9. The van der Waals surface area contributed by atoms with Crippen LogP contribution >= 0.6 is 0 Å². The highest BCUT2D eigenvalue weighted by atomic mass is 15.3. The first kappa shape index (κ1) is 15.2. The lowest BCUT2D eigenvalue weighted by Crippen LogP contribution is -2.30. The molecule has 0 aromatic carbocycles. The van der Waals surface area contributed by atoms with Gasteiger partial charge in [-0.3, -0.25) is 4.68 Å². The molecule has 1 rings (SSSR count). The summed E-state index contributed by atoms with van der Waals surface area (Å²) >= 11 is 0. The van der Waals surface area contributed by atoms with Crippen molar-refractivity contribution in [2.24, 2.45) is 13.0 Å². The molecule has 0 aliphatic rings. The highest BCUT2D eigenvalue weighted by molar-refractivity contribution is 5.24. The number of rotatable bonds is 7. The molecule has 1 unspecified atom stereocenters. The van der Waals surface area contributed by atoms with Crippen LogP contribution in [0.5, 0.6) is 0 Å². The summed E-state index contributed by atoms with van der Waals surface area (Å²) in [5, 5.41) is 8.09. The normalized spacial score (nSPS) is 13.3. The number of aryl methyl sites for hydroxylation is 2. The highest BCUT2D eigenvalue weighted by Crippen LogP contribution is 2.17. The summed E-state index contributed by atoms with van der Waals surface area (Å²) < 4.78 is 2.00. The molecule has 18 heavy (non-hydrogen) atoms. The molecule has 1 N–H and O–H groups in total. The lowest BCUT2D eigenvalue weighted by Gasteiger charge is -2.20. The molecule has 3 heteroatoms. The van der Waals surface area contributed by atoms with E-state index >= 15 is 0 Å². The first-order valence-electron chi connectivity index (χ1n) is 7.18. The van der Waals surface area contributed by atoms with Gasteiger partial charge in [-0.25, -0.2) is 0 Å². The van der Waals surface area contributed by atoms with Crippen molar-refractivity contribution in [3.8, 4) is 0 Å². The predicted octanol–water partition coefficient (Wildman–Crippen LogP) is 2.99. The van der Waals surface area contributed by atoms with Gasteiger partial charge in [0.25, 0.3) is 0 Å². The second kappa shape index (κ2) is 6.93. The Labute approximate surface area is 112 Å². The van der Waals surface area contributed by atoms with Crippen molar-refractivity contribution in [1.82, 2.24) is 15.1 Å². The van der Waals surface area contributed by atoms with E-state index in [0.29, 0.717) is 6.04 Å². The number of hydrogen-bond donors (Lipinski definition) is 1. The molecule has 0 saturated carbocycles. The van der Waals surface area contributed by atoms with Crippen LogP contribution in [-0.2, 0) is 13.5 Å². The molecule has 0 aliphatic heterocycles. The second-order valence-electron chi connectivity index (χ2n) is 5.70. The minimum Gasteiger partial charge on any atom is -0.314 e. The minimum atomic E-state index is 0.633. The molecular formula is C15H29N3. The van der Waals surface area contributed by atoms with Crippen LogP contribution in [0.15, 0.2) is 0 Å². The first-order chi connectivity index (χ1) is 8.45. The topological polar surface area (TPSA) is 29.9 Å². The Morgan fingerprint density at radius 3 is 2.39 bits per heavy atom. The quantitative estimate of drug-likeness (QED) is 0.807. The number of hydrogen-bond acceptors (Lipinski definition) is 2. The third kappa shape index (κ3) is 4.13. The summed E-state index contributed by atoms with van der Waals surface area (Å²) in [7, 11) is 2.03. The fraction of sp³-hybridized carbons (Fsp3) is 0.800. The van der Waals surface area contributed by atoms with Crippen LogP contribution in [0.4, 0.5) is 0 Å². The van der Waals surface area contributed by atoms with Crippen molar-refractivity contribution >= 4 is 0 Å². The van der Waals surface area contributed by atoms with Crippen molar-refractivity contribution in [3.05, 3.63) is 17.0 Å². The van der Waals surface area contributed by atoms with Crippen LogP contribution in [0.25, 0.3) is 0 Å². The van der Waals surface area contributed by atoms with Crippen LogP contribution in [-0.4, -0.2) is 22.4 Å². The molecule has 0 aliphatic carbocycles. The number of aromatic nitrogens is 2. The highest BCUT2D eigenvalue weighted by Gasteiger charge is 2.14. The minimum absolute atomic E-state index is 0.633. The van der Waals surface area contributed by atoms with E-state index in [1.54, 1.807) is 0 Å². The van der Waals surface area contributed by atoms with Crippen LogP contribution in [0.1, 0.15) is 50.6 Å². The largest absolute Gasteiger partial charge is 0.314 e. The average Bonchev–Trinajstić information content (AvgIpc) is 2.50. The van der Waals surface area contributed by atoms with Crippen LogP contribution < -0.4 is 5.32 Å². The zero-order chi connectivity index (χ0) is 13.7. The monoisotopic (exact) mass is 251 g/mol. The number of nitrogens with one attached hydrogen (secondary N) is 1. The van der Waals surface area contributed by atoms with Crippen molar-refractivity contribution in [2.75, 3.05) is 6.54 Å². The van der Waals surface area contributed by atoms with E-state index in [9.17, 15) is 0 Å². The van der Waals surface area contributed by atoms with Crippen molar-refractivity contribution in [2.45, 2.75) is 59.9 Å². The van der Waals surface area contributed by atoms with E-state index in [-0.39, 0.29) is 0 Å². The average molecular weight is 251 g/mol. The first-order valence-corrected chi connectivity index (χ1v) is 7.18. The Bertz CT molecular complexity index is 366. The second-order valence-corrected chi connectivity index (χ2v) is 5.70. The van der Waals surface area contributed by atoms with Gasteiger partial charge in [0.15, 0.2) is 0 Å². The molecular weight excluding hydrogens is 222 g/mol. The molecule has 104 valence electrons. The van der Waals surface area contributed by atoms with Crippen molar-refractivity contribution in [1.29, 1.82) is 0 Å². The summed E-state index contributed by atoms with van der Waals surface area (Å²) in [5.74, 6) is 0.755. The van der Waals surface area contributed by atoms with Gasteiger partial charge in [-0.2, -0.15) is 5.10 Å². The molecule has 1 aromatic rings. The van der Waals surface area contributed by atoms with Crippen LogP contribution in [0.3, 0.4) is 0 Å². The van der Waals surface area contributed by atoms with Gasteiger partial charge >= 0.3 is 0 Å². The smallest absolute Gasteiger partial charge is 0.0628 e. The summed E-state index contributed by atoms with van der Waals surface area (Å²) in [6.07, 6.45) is 3.60.